The van der Waals surface area contributed by atoms with Crippen LogP contribution in [0.5, 0.6) is 0 Å². The number of nitrogens with one attached hydrogen (secondary N) is 1. The number of nitrogens with zero attached hydrogens (tertiary/aromatic N) is 6. The molecule has 9 heteroatoms. The quantitative estimate of drug-likeness (QED) is 0.463. The first-order valence-corrected chi connectivity index (χ1v) is 10.8. The molecule has 33 heavy (non-hydrogen) atoms. The molecule has 6 rings (SSSR count). The lowest BCUT2D eigenvalue weighted by Gasteiger charge is -2.29. The van der Waals surface area contributed by atoms with Crippen molar-refractivity contribution in [1.82, 2.24) is 29.4 Å². The van der Waals surface area contributed by atoms with Gasteiger partial charge in [0.05, 0.1) is 24.6 Å². The maximum Gasteiger partial charge on any atom is 0.273 e. The molecule has 1 saturated heterocycles. The third-order valence-corrected chi connectivity index (χ3v) is 5.74. The number of hydrogen-bond donors (Lipinski definition) is 1. The molecule has 1 aliphatic heterocycles. The molecular weight excluding hydrogens is 418 g/mol. The third-order valence-electron chi connectivity index (χ3n) is 5.74. The molecule has 0 amide bonds. The van der Waals surface area contributed by atoms with Gasteiger partial charge in [-0.05, 0) is 17.7 Å². The fourth-order valence-electron chi connectivity index (χ4n) is 4.07. The average Bonchev–Trinajstić information content (AvgIpc) is 3.49. The van der Waals surface area contributed by atoms with Crippen molar-refractivity contribution in [3.8, 4) is 28.3 Å². The van der Waals surface area contributed by atoms with Crippen molar-refractivity contribution >= 4 is 11.5 Å². The van der Waals surface area contributed by atoms with Crippen LogP contribution < -0.4 is 10.5 Å². The smallest absolute Gasteiger partial charge is 0.273 e. The standard InChI is InChI=1S/C24H21N7O2/c32-24-15-20(17-4-2-1-3-5-17)28-31(24)22-16-23(29-10-12-33-13-11-29)30-21(26-22)14-19(27-30)18-6-8-25-9-7-18/h1-9,14-16,28H,10-13H2. The molecule has 0 aliphatic carbocycles. The molecule has 5 aromatic rings. The Kier molecular flexibility index (Phi) is 4.73. The number of aromatic nitrogens is 6. The van der Waals surface area contributed by atoms with Gasteiger partial charge in [0.15, 0.2) is 11.5 Å². The summed E-state index contributed by atoms with van der Waals surface area (Å²) in [5.74, 6) is 1.37. The second-order valence-electron chi connectivity index (χ2n) is 7.82. The van der Waals surface area contributed by atoms with Gasteiger partial charge in [0.2, 0.25) is 0 Å². The highest BCUT2D eigenvalue weighted by Crippen LogP contribution is 2.25. The van der Waals surface area contributed by atoms with Crippen molar-refractivity contribution in [2.45, 2.75) is 0 Å². The van der Waals surface area contributed by atoms with Crippen molar-refractivity contribution in [3.63, 3.8) is 0 Å². The minimum atomic E-state index is -0.174. The Balaban J connectivity index is 1.51. The normalized spacial score (nSPS) is 14.1. The van der Waals surface area contributed by atoms with E-state index in [1.807, 2.05) is 59.1 Å². The molecule has 1 aromatic carbocycles. The predicted molar refractivity (Wildman–Crippen MR) is 125 cm³/mol. The second-order valence-corrected chi connectivity index (χ2v) is 7.82. The molecule has 0 atom stereocenters. The first-order valence-electron chi connectivity index (χ1n) is 10.8. The Morgan fingerprint density at radius 3 is 2.48 bits per heavy atom. The summed E-state index contributed by atoms with van der Waals surface area (Å²) < 4.78 is 8.85. The number of anilines is 1. The minimum Gasteiger partial charge on any atom is -0.378 e. The third kappa shape index (κ3) is 3.58. The number of morpholine rings is 1. The number of aromatic amines is 1. The fraction of sp³-hybridized carbons (Fsp3) is 0.167. The Morgan fingerprint density at radius 2 is 1.70 bits per heavy atom. The summed E-state index contributed by atoms with van der Waals surface area (Å²) in [7, 11) is 0. The number of benzene rings is 1. The highest BCUT2D eigenvalue weighted by atomic mass is 16.5. The largest absolute Gasteiger partial charge is 0.378 e. The van der Waals surface area contributed by atoms with Gasteiger partial charge >= 0.3 is 0 Å². The van der Waals surface area contributed by atoms with Gasteiger partial charge < -0.3 is 9.64 Å². The molecule has 0 spiro atoms. The van der Waals surface area contributed by atoms with Crippen LogP contribution in [0.25, 0.3) is 34.0 Å². The van der Waals surface area contributed by atoms with E-state index in [1.165, 1.54) is 4.68 Å². The predicted octanol–water partition coefficient (Wildman–Crippen LogP) is 2.77. The van der Waals surface area contributed by atoms with Gasteiger partial charge in [-0.1, -0.05) is 30.3 Å². The Morgan fingerprint density at radius 1 is 0.909 bits per heavy atom. The first-order chi connectivity index (χ1) is 16.3. The lowest BCUT2D eigenvalue weighted by atomic mass is 10.2. The lowest BCUT2D eigenvalue weighted by molar-refractivity contribution is 0.122. The molecule has 0 radical (unpaired) electrons. The van der Waals surface area contributed by atoms with E-state index in [0.29, 0.717) is 24.7 Å². The fourth-order valence-corrected chi connectivity index (χ4v) is 4.07. The van der Waals surface area contributed by atoms with Gasteiger partial charge in [0.25, 0.3) is 5.56 Å². The van der Waals surface area contributed by atoms with E-state index in [9.17, 15) is 4.79 Å². The summed E-state index contributed by atoms with van der Waals surface area (Å²) in [6.07, 6.45) is 3.48. The molecule has 1 aliphatic rings. The molecule has 1 fully saturated rings. The summed E-state index contributed by atoms with van der Waals surface area (Å²) in [4.78, 5) is 24.0. The van der Waals surface area contributed by atoms with Crippen LogP contribution in [0.2, 0.25) is 0 Å². The topological polar surface area (TPSA) is 93.3 Å². The van der Waals surface area contributed by atoms with Crippen LogP contribution in [0.15, 0.2) is 77.9 Å². The highest BCUT2D eigenvalue weighted by Gasteiger charge is 2.20. The number of pyridine rings is 1. The summed E-state index contributed by atoms with van der Waals surface area (Å²) >= 11 is 0. The number of ether oxygens (including phenoxy) is 1. The molecule has 0 bridgehead atoms. The number of H-pyrrole nitrogens is 1. The zero-order chi connectivity index (χ0) is 22.2. The van der Waals surface area contributed by atoms with Crippen LogP contribution in [-0.4, -0.2) is 55.7 Å². The van der Waals surface area contributed by atoms with Crippen molar-refractivity contribution in [3.05, 3.63) is 83.4 Å². The Labute approximate surface area is 188 Å². The summed E-state index contributed by atoms with van der Waals surface area (Å²) in [5.41, 5.74) is 3.90. The van der Waals surface area contributed by atoms with E-state index < -0.39 is 0 Å². The van der Waals surface area contributed by atoms with Gasteiger partial charge in [0.1, 0.15) is 5.82 Å². The van der Waals surface area contributed by atoms with Crippen LogP contribution >= 0.6 is 0 Å². The van der Waals surface area contributed by atoms with E-state index in [0.717, 1.165) is 41.4 Å². The molecule has 0 unspecified atom stereocenters. The zero-order valence-corrected chi connectivity index (χ0v) is 17.8. The van der Waals surface area contributed by atoms with Gasteiger partial charge in [-0.3, -0.25) is 14.9 Å². The van der Waals surface area contributed by atoms with Crippen molar-refractivity contribution in [2.24, 2.45) is 0 Å². The molecule has 0 saturated carbocycles. The van der Waals surface area contributed by atoms with Gasteiger partial charge in [-0.25, -0.2) is 9.67 Å². The Bertz CT molecular complexity index is 1470. The van der Waals surface area contributed by atoms with Crippen molar-refractivity contribution in [2.75, 3.05) is 31.2 Å². The maximum atomic E-state index is 12.9. The maximum absolute atomic E-state index is 12.9. The summed E-state index contributed by atoms with van der Waals surface area (Å²) in [6.45, 7) is 2.74. The van der Waals surface area contributed by atoms with Crippen LogP contribution in [0.3, 0.4) is 0 Å². The highest BCUT2D eigenvalue weighted by molar-refractivity contribution is 5.66. The number of fused-ring (bicyclic) bond motifs is 1. The van der Waals surface area contributed by atoms with Crippen molar-refractivity contribution in [1.29, 1.82) is 0 Å². The van der Waals surface area contributed by atoms with Crippen molar-refractivity contribution < 1.29 is 4.74 Å². The zero-order valence-electron chi connectivity index (χ0n) is 17.8. The molecule has 1 N–H and O–H groups in total. The van der Waals surface area contributed by atoms with Crippen LogP contribution in [0, 0.1) is 0 Å². The second kappa shape index (κ2) is 8.03. The monoisotopic (exact) mass is 439 g/mol. The van der Waals surface area contributed by atoms with Gasteiger partial charge in [0, 0.05) is 49.2 Å². The molecule has 5 heterocycles. The lowest BCUT2D eigenvalue weighted by Crippen LogP contribution is -2.37. The summed E-state index contributed by atoms with van der Waals surface area (Å²) in [5, 5.41) is 8.02. The molecular formula is C24H21N7O2. The SMILES string of the molecule is O=c1cc(-c2ccccc2)[nH]n1-c1cc(N2CCOCC2)n2nc(-c3ccncc3)cc2n1. The van der Waals surface area contributed by atoms with E-state index in [4.69, 9.17) is 14.8 Å². The number of hydrogen-bond acceptors (Lipinski definition) is 6. The van der Waals surface area contributed by atoms with Crippen LogP contribution in [0.4, 0.5) is 5.82 Å². The van der Waals surface area contributed by atoms with E-state index in [-0.39, 0.29) is 5.56 Å². The van der Waals surface area contributed by atoms with E-state index in [2.05, 4.69) is 15.0 Å². The van der Waals surface area contributed by atoms with Gasteiger partial charge in [-0.2, -0.15) is 9.61 Å². The summed E-state index contributed by atoms with van der Waals surface area (Å²) in [6, 6.07) is 19.0. The first kappa shape index (κ1) is 19.4. The molecule has 9 nitrogen and oxygen atoms in total. The Hall–Kier alpha value is -4.24. The van der Waals surface area contributed by atoms with E-state index >= 15 is 0 Å². The molecule has 4 aromatic heterocycles. The molecule has 164 valence electrons. The minimum absolute atomic E-state index is 0.174. The van der Waals surface area contributed by atoms with Crippen LogP contribution in [0.1, 0.15) is 0 Å². The number of rotatable bonds is 4. The van der Waals surface area contributed by atoms with Crippen LogP contribution in [-0.2, 0) is 4.74 Å². The average molecular weight is 439 g/mol. The van der Waals surface area contributed by atoms with Gasteiger partial charge in [-0.15, -0.1) is 0 Å². The van der Waals surface area contributed by atoms with E-state index in [1.54, 1.807) is 18.5 Å².